The lowest BCUT2D eigenvalue weighted by Crippen LogP contribution is -3.12. The molecule has 0 saturated heterocycles. The molecule has 1 aromatic carbocycles. The van der Waals surface area contributed by atoms with Crippen molar-refractivity contribution < 1.29 is 9.69 Å². The highest BCUT2D eigenvalue weighted by molar-refractivity contribution is 7.18. The van der Waals surface area contributed by atoms with Gasteiger partial charge in [0, 0.05) is 0 Å². The average Bonchev–Trinajstić information content (AvgIpc) is 2.69. The van der Waals surface area contributed by atoms with Crippen molar-refractivity contribution in [3.8, 4) is 0 Å². The zero-order valence-corrected chi connectivity index (χ0v) is 10.8. The summed E-state index contributed by atoms with van der Waals surface area (Å²) >= 11 is 1.67. The van der Waals surface area contributed by atoms with E-state index in [9.17, 15) is 4.79 Å². The molecule has 0 aliphatic heterocycles. The average molecular weight is 250 g/mol. The second-order valence-electron chi connectivity index (χ2n) is 4.22. The number of hydrogen-bond donors (Lipinski definition) is 2. The SMILES string of the molecule is C[C@H](C(N)=O)[NH+](C)Cc1nc2ccccc2s1. The van der Waals surface area contributed by atoms with Crippen LogP contribution < -0.4 is 10.6 Å². The summed E-state index contributed by atoms with van der Waals surface area (Å²) in [7, 11) is 1.96. The zero-order valence-electron chi connectivity index (χ0n) is 9.93. The van der Waals surface area contributed by atoms with Crippen LogP contribution in [0.2, 0.25) is 0 Å². The van der Waals surface area contributed by atoms with Gasteiger partial charge >= 0.3 is 0 Å². The fourth-order valence-electron chi connectivity index (χ4n) is 1.63. The number of benzene rings is 1. The highest BCUT2D eigenvalue weighted by atomic mass is 32.1. The fourth-order valence-corrected chi connectivity index (χ4v) is 2.69. The van der Waals surface area contributed by atoms with Crippen LogP contribution in [0.5, 0.6) is 0 Å². The van der Waals surface area contributed by atoms with Gasteiger partial charge in [0.2, 0.25) is 0 Å². The van der Waals surface area contributed by atoms with Crippen LogP contribution in [0, 0.1) is 0 Å². The molecule has 2 aromatic rings. The first-order chi connectivity index (χ1) is 8.08. The van der Waals surface area contributed by atoms with E-state index < -0.39 is 0 Å². The number of aromatic nitrogens is 1. The smallest absolute Gasteiger partial charge is 0.275 e. The van der Waals surface area contributed by atoms with Crippen molar-refractivity contribution in [1.82, 2.24) is 4.98 Å². The van der Waals surface area contributed by atoms with Crippen LogP contribution in [0.15, 0.2) is 24.3 Å². The normalized spacial score (nSPS) is 14.7. The van der Waals surface area contributed by atoms with E-state index in [1.165, 1.54) is 4.70 Å². The number of nitrogens with zero attached hydrogens (tertiary/aromatic N) is 1. The molecule has 0 aliphatic carbocycles. The topological polar surface area (TPSA) is 60.4 Å². The van der Waals surface area contributed by atoms with Crippen molar-refractivity contribution in [3.05, 3.63) is 29.3 Å². The van der Waals surface area contributed by atoms with Gasteiger partial charge in [0.1, 0.15) is 11.6 Å². The van der Waals surface area contributed by atoms with Gasteiger partial charge in [0.05, 0.1) is 17.3 Å². The number of rotatable bonds is 4. The molecule has 2 atom stereocenters. The molecule has 17 heavy (non-hydrogen) atoms. The van der Waals surface area contributed by atoms with Crippen molar-refractivity contribution in [2.75, 3.05) is 7.05 Å². The second-order valence-corrected chi connectivity index (χ2v) is 5.34. The van der Waals surface area contributed by atoms with Crippen LogP contribution >= 0.6 is 11.3 Å². The molecule has 0 bridgehead atoms. The van der Waals surface area contributed by atoms with Gasteiger partial charge in [-0.15, -0.1) is 11.3 Å². The summed E-state index contributed by atoms with van der Waals surface area (Å²) in [4.78, 5) is 16.7. The third-order valence-electron chi connectivity index (χ3n) is 2.93. The summed E-state index contributed by atoms with van der Waals surface area (Å²) in [6, 6.07) is 7.86. The van der Waals surface area contributed by atoms with E-state index in [2.05, 4.69) is 11.1 Å². The lowest BCUT2D eigenvalue weighted by atomic mass is 10.3. The molecule has 0 fully saturated rings. The summed E-state index contributed by atoms with van der Waals surface area (Å²) in [5.41, 5.74) is 6.31. The zero-order chi connectivity index (χ0) is 12.4. The predicted octanol–water partition coefficient (Wildman–Crippen LogP) is 0.185. The Hall–Kier alpha value is -1.46. The van der Waals surface area contributed by atoms with E-state index in [4.69, 9.17) is 5.73 Å². The standard InChI is InChI=1S/C12H15N3OS/c1-8(12(13)16)15(2)7-11-14-9-5-3-4-6-10(9)17-11/h3-6,8H,7H2,1-2H3,(H2,13,16)/p+1/t8-/m1/s1. The van der Waals surface area contributed by atoms with E-state index in [0.717, 1.165) is 22.0 Å². The molecule has 0 aliphatic rings. The lowest BCUT2D eigenvalue weighted by Gasteiger charge is -2.17. The van der Waals surface area contributed by atoms with Gasteiger partial charge in [0.25, 0.3) is 5.91 Å². The molecule has 1 unspecified atom stereocenters. The van der Waals surface area contributed by atoms with Gasteiger partial charge in [-0.25, -0.2) is 4.98 Å². The number of primary amides is 1. The van der Waals surface area contributed by atoms with Crippen LogP contribution in [0.3, 0.4) is 0 Å². The molecule has 4 nitrogen and oxygen atoms in total. The summed E-state index contributed by atoms with van der Waals surface area (Å²) in [6.07, 6.45) is 0. The minimum atomic E-state index is -0.274. The Kier molecular flexibility index (Phi) is 3.40. The molecule has 2 rings (SSSR count). The van der Waals surface area contributed by atoms with E-state index in [0.29, 0.717) is 0 Å². The fraction of sp³-hybridized carbons (Fsp3) is 0.333. The quantitative estimate of drug-likeness (QED) is 0.813. The first kappa shape index (κ1) is 12.0. The second kappa shape index (κ2) is 4.81. The lowest BCUT2D eigenvalue weighted by molar-refractivity contribution is -0.907. The first-order valence-corrected chi connectivity index (χ1v) is 6.35. The van der Waals surface area contributed by atoms with Gasteiger partial charge < -0.3 is 10.6 Å². The molecule has 0 spiro atoms. The predicted molar refractivity (Wildman–Crippen MR) is 68.9 cm³/mol. The van der Waals surface area contributed by atoms with E-state index in [1.807, 2.05) is 32.2 Å². The summed E-state index contributed by atoms with van der Waals surface area (Å²) < 4.78 is 1.18. The minimum Gasteiger partial charge on any atom is -0.365 e. The number of amides is 1. The van der Waals surface area contributed by atoms with Crippen LogP contribution in [0.1, 0.15) is 11.9 Å². The molecule has 1 heterocycles. The Morgan fingerprint density at radius 2 is 2.24 bits per heavy atom. The number of fused-ring (bicyclic) bond motifs is 1. The highest BCUT2D eigenvalue weighted by Gasteiger charge is 2.20. The Balaban J connectivity index is 2.15. The molecular weight excluding hydrogens is 234 g/mol. The Morgan fingerprint density at radius 1 is 1.53 bits per heavy atom. The number of likely N-dealkylation sites (N-methyl/N-ethyl adjacent to an activating group) is 1. The van der Waals surface area contributed by atoms with Gasteiger partial charge in [-0.2, -0.15) is 0 Å². The molecule has 90 valence electrons. The van der Waals surface area contributed by atoms with Crippen molar-refractivity contribution >= 4 is 27.5 Å². The molecule has 1 amide bonds. The molecule has 0 saturated carbocycles. The summed E-state index contributed by atoms with van der Waals surface area (Å²) in [6.45, 7) is 2.56. The van der Waals surface area contributed by atoms with Crippen molar-refractivity contribution in [2.45, 2.75) is 19.5 Å². The molecule has 5 heteroatoms. The third kappa shape index (κ3) is 2.62. The van der Waals surface area contributed by atoms with Gasteiger partial charge in [-0.3, -0.25) is 4.79 Å². The number of carbonyl (C=O) groups excluding carboxylic acids is 1. The van der Waals surface area contributed by atoms with Crippen molar-refractivity contribution in [1.29, 1.82) is 0 Å². The Bertz CT molecular complexity index is 504. The van der Waals surface area contributed by atoms with Gasteiger partial charge in [-0.05, 0) is 19.1 Å². The highest BCUT2D eigenvalue weighted by Crippen LogP contribution is 2.20. The monoisotopic (exact) mass is 250 g/mol. The number of carbonyl (C=O) groups is 1. The van der Waals surface area contributed by atoms with E-state index >= 15 is 0 Å². The van der Waals surface area contributed by atoms with Crippen LogP contribution in [-0.2, 0) is 11.3 Å². The Morgan fingerprint density at radius 3 is 2.88 bits per heavy atom. The molecule has 1 aromatic heterocycles. The maximum atomic E-state index is 11.1. The number of hydrogen-bond acceptors (Lipinski definition) is 3. The molecular formula is C12H16N3OS+. The first-order valence-electron chi connectivity index (χ1n) is 5.54. The van der Waals surface area contributed by atoms with Gasteiger partial charge in [-0.1, -0.05) is 12.1 Å². The van der Waals surface area contributed by atoms with E-state index in [1.54, 1.807) is 11.3 Å². The molecule has 0 radical (unpaired) electrons. The number of quaternary nitrogens is 1. The number of nitrogens with one attached hydrogen (secondary N) is 1. The van der Waals surface area contributed by atoms with Crippen LogP contribution in [0.4, 0.5) is 0 Å². The maximum Gasteiger partial charge on any atom is 0.275 e. The number of para-hydroxylation sites is 1. The summed E-state index contributed by atoms with van der Waals surface area (Å²) in [5.74, 6) is -0.274. The Labute approximate surface area is 104 Å². The third-order valence-corrected chi connectivity index (χ3v) is 3.97. The number of thiazole rings is 1. The minimum absolute atomic E-state index is 0.193. The van der Waals surface area contributed by atoms with Gasteiger partial charge in [0.15, 0.2) is 6.04 Å². The van der Waals surface area contributed by atoms with Crippen LogP contribution in [-0.4, -0.2) is 24.0 Å². The summed E-state index contributed by atoms with van der Waals surface area (Å²) in [5, 5.41) is 1.04. The number of nitrogens with two attached hydrogens (primary N) is 1. The van der Waals surface area contributed by atoms with E-state index in [-0.39, 0.29) is 11.9 Å². The largest absolute Gasteiger partial charge is 0.365 e. The van der Waals surface area contributed by atoms with Crippen molar-refractivity contribution in [2.24, 2.45) is 5.73 Å². The maximum absolute atomic E-state index is 11.1. The van der Waals surface area contributed by atoms with Crippen molar-refractivity contribution in [3.63, 3.8) is 0 Å². The molecule has 3 N–H and O–H groups in total. The van der Waals surface area contributed by atoms with Crippen LogP contribution in [0.25, 0.3) is 10.2 Å².